The summed E-state index contributed by atoms with van der Waals surface area (Å²) in [6, 6.07) is 14.0. The maximum atomic E-state index is 11.6. The first-order chi connectivity index (χ1) is 10.3. The van der Waals surface area contributed by atoms with Gasteiger partial charge in [-0.1, -0.05) is 18.2 Å². The van der Waals surface area contributed by atoms with Gasteiger partial charge in [-0.3, -0.25) is 4.79 Å². The van der Waals surface area contributed by atoms with Crippen molar-refractivity contribution in [2.75, 3.05) is 6.61 Å². The van der Waals surface area contributed by atoms with Crippen LogP contribution in [0.25, 0.3) is 0 Å². The highest BCUT2D eigenvalue weighted by atomic mass is 16.5. The van der Waals surface area contributed by atoms with E-state index in [4.69, 9.17) is 4.74 Å². The minimum Gasteiger partial charge on any atom is -0.492 e. The predicted molar refractivity (Wildman–Crippen MR) is 82.5 cm³/mol. The first-order valence-corrected chi connectivity index (χ1v) is 7.42. The van der Waals surface area contributed by atoms with E-state index >= 15 is 0 Å². The summed E-state index contributed by atoms with van der Waals surface area (Å²) in [5.41, 5.74) is 1.24. The maximum Gasteiger partial charge on any atom is 0.250 e. The Kier molecular flexibility index (Phi) is 4.36. The molecule has 1 aromatic carbocycles. The number of rotatable bonds is 7. The van der Waals surface area contributed by atoms with Crippen molar-refractivity contribution < 1.29 is 4.74 Å². The molecule has 110 valence electrons. The Labute approximate surface area is 124 Å². The van der Waals surface area contributed by atoms with Crippen LogP contribution in [-0.2, 0) is 13.1 Å². The molecule has 0 saturated heterocycles. The Bertz CT molecular complexity index is 647. The quantitative estimate of drug-likeness (QED) is 0.847. The van der Waals surface area contributed by atoms with E-state index in [-0.39, 0.29) is 5.56 Å². The molecule has 0 radical (unpaired) electrons. The summed E-state index contributed by atoms with van der Waals surface area (Å²) in [4.78, 5) is 11.6. The van der Waals surface area contributed by atoms with E-state index in [1.165, 1.54) is 18.4 Å². The Hall–Kier alpha value is -2.07. The van der Waals surface area contributed by atoms with E-state index in [1.54, 1.807) is 22.9 Å². The van der Waals surface area contributed by atoms with Crippen LogP contribution in [0.2, 0.25) is 0 Å². The molecule has 21 heavy (non-hydrogen) atoms. The molecular formula is C17H20N2O2. The number of nitrogens with one attached hydrogen (secondary N) is 1. The average molecular weight is 284 g/mol. The zero-order valence-corrected chi connectivity index (χ0v) is 12.0. The second-order valence-electron chi connectivity index (χ2n) is 5.38. The molecule has 0 unspecified atom stereocenters. The standard InChI is InChI=1S/C17H20N2O2/c20-17-6-1-2-9-19(17)10-11-21-16-5-3-4-14(12-16)13-18-15-7-8-15/h1-6,9,12,15,18H,7-8,10-11,13H2. The van der Waals surface area contributed by atoms with Gasteiger partial charge in [-0.15, -0.1) is 0 Å². The molecule has 0 amide bonds. The van der Waals surface area contributed by atoms with Crippen LogP contribution in [0.1, 0.15) is 18.4 Å². The van der Waals surface area contributed by atoms with Crippen molar-refractivity contribution in [3.05, 3.63) is 64.6 Å². The second-order valence-corrected chi connectivity index (χ2v) is 5.38. The van der Waals surface area contributed by atoms with Gasteiger partial charge in [0.1, 0.15) is 12.4 Å². The van der Waals surface area contributed by atoms with Gasteiger partial charge in [-0.25, -0.2) is 0 Å². The average Bonchev–Trinajstić information content (AvgIpc) is 3.32. The molecule has 2 aromatic rings. The van der Waals surface area contributed by atoms with Crippen LogP contribution in [0.15, 0.2) is 53.5 Å². The Balaban J connectivity index is 1.51. The SMILES string of the molecule is O=c1ccccn1CCOc1cccc(CNC2CC2)c1. The highest BCUT2D eigenvalue weighted by Gasteiger charge is 2.19. The summed E-state index contributed by atoms with van der Waals surface area (Å²) in [5.74, 6) is 0.856. The Morgan fingerprint density at radius 1 is 1.19 bits per heavy atom. The van der Waals surface area contributed by atoms with Gasteiger partial charge in [0, 0.05) is 24.8 Å². The number of aromatic nitrogens is 1. The first-order valence-electron chi connectivity index (χ1n) is 7.42. The molecule has 1 N–H and O–H groups in total. The molecule has 0 bridgehead atoms. The molecule has 1 aliphatic rings. The van der Waals surface area contributed by atoms with Gasteiger partial charge in [0.25, 0.3) is 5.56 Å². The lowest BCUT2D eigenvalue weighted by Crippen LogP contribution is -2.21. The lowest BCUT2D eigenvalue weighted by atomic mass is 10.2. The Morgan fingerprint density at radius 2 is 2.10 bits per heavy atom. The topological polar surface area (TPSA) is 43.3 Å². The van der Waals surface area contributed by atoms with Crippen molar-refractivity contribution in [3.8, 4) is 5.75 Å². The molecule has 1 aromatic heterocycles. The highest BCUT2D eigenvalue weighted by molar-refractivity contribution is 5.28. The molecule has 3 rings (SSSR count). The second kappa shape index (κ2) is 6.59. The number of ether oxygens (including phenoxy) is 1. The smallest absolute Gasteiger partial charge is 0.250 e. The fourth-order valence-corrected chi connectivity index (χ4v) is 2.20. The van der Waals surface area contributed by atoms with Gasteiger partial charge in [0.05, 0.1) is 6.54 Å². The monoisotopic (exact) mass is 284 g/mol. The molecule has 1 fully saturated rings. The van der Waals surface area contributed by atoms with Crippen LogP contribution in [0.5, 0.6) is 5.75 Å². The molecule has 1 saturated carbocycles. The number of pyridine rings is 1. The van der Waals surface area contributed by atoms with Gasteiger partial charge in [0.2, 0.25) is 0 Å². The van der Waals surface area contributed by atoms with Gasteiger partial charge in [-0.05, 0) is 36.6 Å². The van der Waals surface area contributed by atoms with Crippen molar-refractivity contribution in [1.82, 2.24) is 9.88 Å². The first kappa shape index (κ1) is 13.9. The lowest BCUT2D eigenvalue weighted by Gasteiger charge is -2.09. The van der Waals surface area contributed by atoms with Crippen molar-refractivity contribution >= 4 is 0 Å². The summed E-state index contributed by atoms with van der Waals surface area (Å²) in [5, 5.41) is 3.49. The summed E-state index contributed by atoms with van der Waals surface area (Å²) in [7, 11) is 0. The fraction of sp³-hybridized carbons (Fsp3) is 0.353. The summed E-state index contributed by atoms with van der Waals surface area (Å²) in [6.45, 7) is 1.94. The van der Waals surface area contributed by atoms with E-state index in [1.807, 2.05) is 18.2 Å². The molecule has 0 spiro atoms. The van der Waals surface area contributed by atoms with E-state index in [2.05, 4.69) is 17.4 Å². The van der Waals surface area contributed by atoms with Crippen LogP contribution in [-0.4, -0.2) is 17.2 Å². The van der Waals surface area contributed by atoms with Crippen molar-refractivity contribution in [3.63, 3.8) is 0 Å². The molecule has 1 heterocycles. The number of hydrogen-bond donors (Lipinski definition) is 1. The van der Waals surface area contributed by atoms with E-state index < -0.39 is 0 Å². The van der Waals surface area contributed by atoms with Crippen LogP contribution in [0, 0.1) is 0 Å². The Morgan fingerprint density at radius 3 is 2.90 bits per heavy atom. The van der Waals surface area contributed by atoms with Crippen LogP contribution >= 0.6 is 0 Å². The van der Waals surface area contributed by atoms with Gasteiger partial charge in [0.15, 0.2) is 0 Å². The molecule has 1 aliphatic carbocycles. The zero-order valence-electron chi connectivity index (χ0n) is 12.0. The predicted octanol–water partition coefficient (Wildman–Crippen LogP) is 2.18. The molecule has 4 heteroatoms. The number of hydrogen-bond acceptors (Lipinski definition) is 3. The molecule has 0 atom stereocenters. The lowest BCUT2D eigenvalue weighted by molar-refractivity contribution is 0.296. The molecule has 4 nitrogen and oxygen atoms in total. The highest BCUT2D eigenvalue weighted by Crippen LogP contribution is 2.20. The van der Waals surface area contributed by atoms with E-state index in [0.717, 1.165) is 12.3 Å². The number of benzene rings is 1. The fourth-order valence-electron chi connectivity index (χ4n) is 2.20. The van der Waals surface area contributed by atoms with E-state index in [9.17, 15) is 4.79 Å². The van der Waals surface area contributed by atoms with Crippen LogP contribution in [0.3, 0.4) is 0 Å². The largest absolute Gasteiger partial charge is 0.492 e. The van der Waals surface area contributed by atoms with Gasteiger partial charge in [-0.2, -0.15) is 0 Å². The third-order valence-corrected chi connectivity index (χ3v) is 3.57. The minimum atomic E-state index is 0.00323. The third-order valence-electron chi connectivity index (χ3n) is 3.57. The zero-order chi connectivity index (χ0) is 14.5. The molecule has 0 aliphatic heterocycles. The summed E-state index contributed by atoms with van der Waals surface area (Å²) < 4.78 is 7.39. The third kappa shape index (κ3) is 4.20. The van der Waals surface area contributed by atoms with E-state index in [0.29, 0.717) is 19.2 Å². The molecular weight excluding hydrogens is 264 g/mol. The van der Waals surface area contributed by atoms with Crippen molar-refractivity contribution in [2.24, 2.45) is 0 Å². The van der Waals surface area contributed by atoms with Crippen LogP contribution in [0.4, 0.5) is 0 Å². The number of nitrogens with zero attached hydrogens (tertiary/aromatic N) is 1. The van der Waals surface area contributed by atoms with Crippen molar-refractivity contribution in [1.29, 1.82) is 0 Å². The normalized spacial score (nSPS) is 14.1. The summed E-state index contributed by atoms with van der Waals surface area (Å²) >= 11 is 0. The van der Waals surface area contributed by atoms with Crippen molar-refractivity contribution in [2.45, 2.75) is 32.0 Å². The maximum absolute atomic E-state index is 11.6. The van der Waals surface area contributed by atoms with Gasteiger partial charge < -0.3 is 14.6 Å². The minimum absolute atomic E-state index is 0.00323. The van der Waals surface area contributed by atoms with Crippen LogP contribution < -0.4 is 15.6 Å². The van der Waals surface area contributed by atoms with Gasteiger partial charge >= 0.3 is 0 Å². The summed E-state index contributed by atoms with van der Waals surface area (Å²) in [6.07, 6.45) is 4.37.